The summed E-state index contributed by atoms with van der Waals surface area (Å²) in [6, 6.07) is -0.0199. The highest BCUT2D eigenvalue weighted by Gasteiger charge is 2.30. The van der Waals surface area contributed by atoms with Gasteiger partial charge < -0.3 is 5.43 Å². The molecule has 3 rings (SSSR count). The Morgan fingerprint density at radius 3 is 3.00 bits per heavy atom. The highest BCUT2D eigenvalue weighted by atomic mass is 32.2. The Labute approximate surface area is 127 Å². The van der Waals surface area contributed by atoms with Crippen LogP contribution >= 0.6 is 11.3 Å². The highest BCUT2D eigenvalue weighted by Crippen LogP contribution is 2.28. The van der Waals surface area contributed by atoms with Gasteiger partial charge in [0.15, 0.2) is 10.8 Å². The van der Waals surface area contributed by atoms with Crippen LogP contribution in [0.1, 0.15) is 32.6 Å². The molecule has 7 nitrogen and oxygen atoms in total. The van der Waals surface area contributed by atoms with E-state index < -0.39 is 10.0 Å². The van der Waals surface area contributed by atoms with Crippen LogP contribution in [0.3, 0.4) is 0 Å². The molecule has 2 aromatic heterocycles. The van der Waals surface area contributed by atoms with Crippen LogP contribution in [0.4, 0.5) is 5.82 Å². The molecule has 2 heterocycles. The first-order valence-electron chi connectivity index (χ1n) is 6.96. The molecule has 2 atom stereocenters. The minimum Gasteiger partial charge on any atom is -0.306 e. The van der Waals surface area contributed by atoms with Crippen LogP contribution in [-0.2, 0) is 10.0 Å². The van der Waals surface area contributed by atoms with Crippen molar-refractivity contribution in [2.45, 2.75) is 43.7 Å². The van der Waals surface area contributed by atoms with Crippen LogP contribution in [0.5, 0.6) is 0 Å². The van der Waals surface area contributed by atoms with Gasteiger partial charge in [-0.2, -0.15) is 4.98 Å². The van der Waals surface area contributed by atoms with E-state index in [9.17, 15) is 8.42 Å². The zero-order valence-electron chi connectivity index (χ0n) is 11.7. The van der Waals surface area contributed by atoms with E-state index in [1.807, 2.05) is 0 Å². The van der Waals surface area contributed by atoms with Crippen molar-refractivity contribution in [1.82, 2.24) is 14.1 Å². The zero-order valence-corrected chi connectivity index (χ0v) is 13.4. The molecule has 2 unspecified atom stereocenters. The van der Waals surface area contributed by atoms with Crippen molar-refractivity contribution in [3.8, 4) is 0 Å². The van der Waals surface area contributed by atoms with Gasteiger partial charge in [0.25, 0.3) is 10.0 Å². The molecule has 21 heavy (non-hydrogen) atoms. The second-order valence-corrected chi connectivity index (χ2v) is 8.06. The SMILES string of the molecule is CC1CCCC(NS(=O)(=O)c2c(NN)nc3sccn23)C1. The average Bonchev–Trinajstić information content (AvgIpc) is 2.96. The summed E-state index contributed by atoms with van der Waals surface area (Å²) in [5.41, 5.74) is 2.38. The summed E-state index contributed by atoms with van der Waals surface area (Å²) in [6.07, 6.45) is 5.65. The van der Waals surface area contributed by atoms with Gasteiger partial charge in [0.05, 0.1) is 0 Å². The quantitative estimate of drug-likeness (QED) is 0.583. The number of nitrogens with zero attached hydrogens (tertiary/aromatic N) is 2. The minimum absolute atomic E-state index is 0.0199. The molecule has 1 aliphatic rings. The lowest BCUT2D eigenvalue weighted by Crippen LogP contribution is -2.38. The molecule has 1 aliphatic carbocycles. The standard InChI is InChI=1S/C12H19N5O2S2/c1-8-3-2-4-9(7-8)16-21(18,19)11-10(15-13)14-12-17(11)5-6-20-12/h5-6,8-9,15-16H,2-4,7,13H2,1H3. The summed E-state index contributed by atoms with van der Waals surface area (Å²) in [5, 5.41) is 1.88. The minimum atomic E-state index is -3.66. The number of nitrogens with two attached hydrogens (primary N) is 1. The predicted molar refractivity (Wildman–Crippen MR) is 82.6 cm³/mol. The van der Waals surface area contributed by atoms with Gasteiger partial charge in [0.2, 0.25) is 5.03 Å². The molecule has 116 valence electrons. The summed E-state index contributed by atoms with van der Waals surface area (Å²) < 4.78 is 29.7. The molecular weight excluding hydrogens is 310 g/mol. The summed E-state index contributed by atoms with van der Waals surface area (Å²) in [7, 11) is -3.66. The first-order valence-corrected chi connectivity index (χ1v) is 9.32. The Hall–Kier alpha value is -1.16. The normalized spacial score (nSPS) is 23.5. The van der Waals surface area contributed by atoms with Crippen molar-refractivity contribution in [2.24, 2.45) is 11.8 Å². The van der Waals surface area contributed by atoms with Crippen molar-refractivity contribution in [3.05, 3.63) is 11.6 Å². The fourth-order valence-corrected chi connectivity index (χ4v) is 5.23. The average molecular weight is 329 g/mol. The van der Waals surface area contributed by atoms with Crippen molar-refractivity contribution in [3.63, 3.8) is 0 Å². The molecule has 0 saturated heterocycles. The van der Waals surface area contributed by atoms with Gasteiger partial charge in [-0.3, -0.25) is 4.40 Å². The summed E-state index contributed by atoms with van der Waals surface area (Å²) in [4.78, 5) is 4.79. The van der Waals surface area contributed by atoms with Crippen molar-refractivity contribution in [1.29, 1.82) is 0 Å². The van der Waals surface area contributed by atoms with Gasteiger partial charge in [0, 0.05) is 17.6 Å². The summed E-state index contributed by atoms with van der Waals surface area (Å²) in [5.74, 6) is 6.14. The number of thiazole rings is 1. The van der Waals surface area contributed by atoms with E-state index in [0.717, 1.165) is 25.7 Å². The topological polar surface area (TPSA) is 102 Å². The van der Waals surface area contributed by atoms with Gasteiger partial charge >= 0.3 is 0 Å². The fraction of sp³-hybridized carbons (Fsp3) is 0.583. The van der Waals surface area contributed by atoms with Gasteiger partial charge in [-0.05, 0) is 18.8 Å². The van der Waals surface area contributed by atoms with Crippen LogP contribution < -0.4 is 16.0 Å². The first kappa shape index (κ1) is 14.8. The molecule has 1 fully saturated rings. The molecule has 0 amide bonds. The number of nitrogens with one attached hydrogen (secondary N) is 2. The highest BCUT2D eigenvalue weighted by molar-refractivity contribution is 7.89. The maximum absolute atomic E-state index is 12.7. The van der Waals surface area contributed by atoms with E-state index in [2.05, 4.69) is 22.1 Å². The second kappa shape index (κ2) is 5.56. The fourth-order valence-electron chi connectivity index (χ4n) is 2.93. The van der Waals surface area contributed by atoms with E-state index in [-0.39, 0.29) is 16.9 Å². The van der Waals surface area contributed by atoms with Crippen LogP contribution in [0.2, 0.25) is 0 Å². The van der Waals surface area contributed by atoms with Gasteiger partial charge in [-0.15, -0.1) is 11.3 Å². The number of fused-ring (bicyclic) bond motifs is 1. The Bertz CT molecular complexity index is 736. The van der Waals surface area contributed by atoms with Gasteiger partial charge in [0.1, 0.15) is 0 Å². The Morgan fingerprint density at radius 2 is 2.29 bits per heavy atom. The number of hydrazine groups is 1. The summed E-state index contributed by atoms with van der Waals surface area (Å²) >= 11 is 1.36. The lowest BCUT2D eigenvalue weighted by Gasteiger charge is -2.27. The lowest BCUT2D eigenvalue weighted by molar-refractivity contribution is 0.327. The molecular formula is C12H19N5O2S2. The number of imidazole rings is 1. The van der Waals surface area contributed by atoms with Crippen molar-refractivity contribution < 1.29 is 8.42 Å². The van der Waals surface area contributed by atoms with Crippen molar-refractivity contribution >= 4 is 32.1 Å². The van der Waals surface area contributed by atoms with E-state index in [0.29, 0.717) is 10.9 Å². The molecule has 4 N–H and O–H groups in total. The van der Waals surface area contributed by atoms with E-state index in [4.69, 9.17) is 5.84 Å². The monoisotopic (exact) mass is 329 g/mol. The van der Waals surface area contributed by atoms with Crippen LogP contribution in [0.25, 0.3) is 4.96 Å². The second-order valence-electron chi connectivity index (χ2n) is 5.56. The molecule has 0 spiro atoms. The number of anilines is 1. The molecule has 1 saturated carbocycles. The predicted octanol–water partition coefficient (Wildman–Crippen LogP) is 1.54. The molecule has 9 heteroatoms. The Balaban J connectivity index is 1.94. The summed E-state index contributed by atoms with van der Waals surface area (Å²) in [6.45, 7) is 2.16. The number of hydrogen-bond acceptors (Lipinski definition) is 6. The number of nitrogen functional groups attached to an aromatic ring is 1. The molecule has 0 bridgehead atoms. The molecule has 0 aliphatic heterocycles. The first-order chi connectivity index (χ1) is 10.0. The third-order valence-corrected chi connectivity index (χ3v) is 6.17. The maximum atomic E-state index is 12.7. The van der Waals surface area contributed by atoms with E-state index in [1.54, 1.807) is 16.0 Å². The van der Waals surface area contributed by atoms with Crippen LogP contribution in [0, 0.1) is 5.92 Å². The Kier molecular flexibility index (Phi) is 3.91. The smallest absolute Gasteiger partial charge is 0.260 e. The maximum Gasteiger partial charge on any atom is 0.260 e. The van der Waals surface area contributed by atoms with E-state index >= 15 is 0 Å². The number of hydrogen-bond donors (Lipinski definition) is 3. The Morgan fingerprint density at radius 1 is 1.48 bits per heavy atom. The number of rotatable bonds is 4. The molecule has 0 radical (unpaired) electrons. The third-order valence-electron chi connectivity index (χ3n) is 3.87. The van der Waals surface area contributed by atoms with Gasteiger partial charge in [-0.1, -0.05) is 19.8 Å². The van der Waals surface area contributed by atoms with Crippen LogP contribution in [-0.4, -0.2) is 23.8 Å². The molecule has 0 aromatic carbocycles. The number of sulfonamides is 1. The van der Waals surface area contributed by atoms with Gasteiger partial charge in [-0.25, -0.2) is 19.0 Å². The largest absolute Gasteiger partial charge is 0.306 e. The lowest BCUT2D eigenvalue weighted by atomic mass is 9.88. The zero-order chi connectivity index (χ0) is 15.0. The van der Waals surface area contributed by atoms with Crippen molar-refractivity contribution in [2.75, 3.05) is 5.43 Å². The number of aromatic nitrogens is 2. The van der Waals surface area contributed by atoms with E-state index in [1.165, 1.54) is 11.3 Å². The van der Waals surface area contributed by atoms with Crippen LogP contribution in [0.15, 0.2) is 16.6 Å². The third kappa shape index (κ3) is 2.78. The molecule has 2 aromatic rings.